The van der Waals surface area contributed by atoms with Gasteiger partial charge in [0.1, 0.15) is 0 Å². The van der Waals surface area contributed by atoms with Crippen molar-refractivity contribution in [1.82, 2.24) is 10.2 Å². The van der Waals surface area contributed by atoms with Crippen LogP contribution in [0.1, 0.15) is 32.6 Å². The summed E-state index contributed by atoms with van der Waals surface area (Å²) < 4.78 is 5.37. The Bertz CT molecular complexity index is 246. The minimum absolute atomic E-state index is 0.304. The third-order valence-corrected chi connectivity index (χ3v) is 3.82. The second-order valence-electron chi connectivity index (χ2n) is 5.16. The van der Waals surface area contributed by atoms with Gasteiger partial charge >= 0.3 is 0 Å². The molecular weight excluding hydrogens is 216 g/mol. The van der Waals surface area contributed by atoms with Crippen LogP contribution in [-0.4, -0.2) is 49.7 Å². The van der Waals surface area contributed by atoms with Gasteiger partial charge in [-0.2, -0.15) is 0 Å². The van der Waals surface area contributed by atoms with E-state index in [0.29, 0.717) is 24.3 Å². The van der Waals surface area contributed by atoms with Crippen molar-refractivity contribution in [2.75, 3.05) is 32.8 Å². The van der Waals surface area contributed by atoms with Crippen LogP contribution in [0.25, 0.3) is 0 Å². The maximum absolute atomic E-state index is 12.2. The SMILES string of the molecule is CCN(CC1CCOC1)C(=O)CC1CCCN1. The Morgan fingerprint density at radius 2 is 2.35 bits per heavy atom. The summed E-state index contributed by atoms with van der Waals surface area (Å²) in [7, 11) is 0. The van der Waals surface area contributed by atoms with Gasteiger partial charge in [-0.1, -0.05) is 0 Å². The van der Waals surface area contributed by atoms with Gasteiger partial charge in [0.15, 0.2) is 0 Å². The first kappa shape index (κ1) is 12.8. The van der Waals surface area contributed by atoms with Crippen LogP contribution in [0.15, 0.2) is 0 Å². The maximum atomic E-state index is 12.2. The quantitative estimate of drug-likeness (QED) is 0.780. The molecule has 17 heavy (non-hydrogen) atoms. The van der Waals surface area contributed by atoms with Crippen LogP contribution < -0.4 is 5.32 Å². The number of ether oxygens (including phenoxy) is 1. The standard InChI is InChI=1S/C13H24N2O2/c1-2-15(9-11-5-7-17-10-11)13(16)8-12-4-3-6-14-12/h11-12,14H,2-10H2,1H3. The summed E-state index contributed by atoms with van der Waals surface area (Å²) in [6.07, 6.45) is 4.13. The van der Waals surface area contributed by atoms with Crippen molar-refractivity contribution >= 4 is 5.91 Å². The highest BCUT2D eigenvalue weighted by Crippen LogP contribution is 2.16. The first-order valence-corrected chi connectivity index (χ1v) is 6.88. The zero-order chi connectivity index (χ0) is 12.1. The average Bonchev–Trinajstić information content (AvgIpc) is 2.97. The molecule has 0 spiro atoms. The maximum Gasteiger partial charge on any atom is 0.224 e. The molecule has 0 aliphatic carbocycles. The molecule has 0 bridgehead atoms. The Kier molecular flexibility index (Phi) is 4.80. The molecular formula is C13H24N2O2. The number of hydrogen-bond donors (Lipinski definition) is 1. The molecule has 0 aromatic heterocycles. The molecule has 2 unspecified atom stereocenters. The Morgan fingerprint density at radius 1 is 1.47 bits per heavy atom. The van der Waals surface area contributed by atoms with E-state index >= 15 is 0 Å². The van der Waals surface area contributed by atoms with Crippen molar-refractivity contribution < 1.29 is 9.53 Å². The molecule has 98 valence electrons. The summed E-state index contributed by atoms with van der Waals surface area (Å²) in [6.45, 7) is 6.52. The Balaban J connectivity index is 1.77. The molecule has 2 rings (SSSR count). The predicted octanol–water partition coefficient (Wildman–Crippen LogP) is 1.01. The van der Waals surface area contributed by atoms with Crippen LogP contribution in [-0.2, 0) is 9.53 Å². The van der Waals surface area contributed by atoms with Gasteiger partial charge in [-0.05, 0) is 32.7 Å². The molecule has 2 aliphatic rings. The number of nitrogens with one attached hydrogen (secondary N) is 1. The van der Waals surface area contributed by atoms with Gasteiger partial charge in [-0.25, -0.2) is 0 Å². The Morgan fingerprint density at radius 3 is 2.94 bits per heavy atom. The Labute approximate surface area is 104 Å². The topological polar surface area (TPSA) is 41.6 Å². The van der Waals surface area contributed by atoms with Gasteiger partial charge < -0.3 is 15.0 Å². The molecule has 4 heteroatoms. The lowest BCUT2D eigenvalue weighted by molar-refractivity contribution is -0.132. The van der Waals surface area contributed by atoms with E-state index in [9.17, 15) is 4.79 Å². The zero-order valence-electron chi connectivity index (χ0n) is 10.8. The molecule has 0 aromatic carbocycles. The Hall–Kier alpha value is -0.610. The fourth-order valence-electron chi connectivity index (χ4n) is 2.72. The summed E-state index contributed by atoms with van der Waals surface area (Å²) >= 11 is 0. The highest BCUT2D eigenvalue weighted by molar-refractivity contribution is 5.76. The molecule has 0 saturated carbocycles. The second kappa shape index (κ2) is 6.36. The van der Waals surface area contributed by atoms with E-state index in [1.54, 1.807) is 0 Å². The number of nitrogens with zero attached hydrogens (tertiary/aromatic N) is 1. The van der Waals surface area contributed by atoms with Crippen LogP contribution in [0, 0.1) is 5.92 Å². The molecule has 1 N–H and O–H groups in total. The molecule has 0 aromatic rings. The van der Waals surface area contributed by atoms with Crippen LogP contribution in [0.4, 0.5) is 0 Å². The van der Waals surface area contributed by atoms with Gasteiger partial charge in [0.05, 0.1) is 6.61 Å². The lowest BCUT2D eigenvalue weighted by Gasteiger charge is -2.25. The van der Waals surface area contributed by atoms with Gasteiger partial charge in [0.2, 0.25) is 5.91 Å². The lowest BCUT2D eigenvalue weighted by Crippen LogP contribution is -2.38. The van der Waals surface area contributed by atoms with E-state index in [1.165, 1.54) is 6.42 Å². The van der Waals surface area contributed by atoms with E-state index in [4.69, 9.17) is 4.74 Å². The minimum Gasteiger partial charge on any atom is -0.381 e. The molecule has 2 fully saturated rings. The highest BCUT2D eigenvalue weighted by atomic mass is 16.5. The summed E-state index contributed by atoms with van der Waals surface area (Å²) in [5, 5.41) is 3.39. The number of amides is 1. The molecule has 1 amide bonds. The van der Waals surface area contributed by atoms with Crippen LogP contribution in [0.3, 0.4) is 0 Å². The number of carbonyl (C=O) groups excluding carboxylic acids is 1. The van der Waals surface area contributed by atoms with Gasteiger partial charge in [-0.15, -0.1) is 0 Å². The molecule has 2 atom stereocenters. The summed E-state index contributed by atoms with van der Waals surface area (Å²) in [6, 6.07) is 0.413. The molecule has 2 aliphatic heterocycles. The number of carbonyl (C=O) groups is 1. The molecule has 0 radical (unpaired) electrons. The predicted molar refractivity (Wildman–Crippen MR) is 66.8 cm³/mol. The highest BCUT2D eigenvalue weighted by Gasteiger charge is 2.24. The fourth-order valence-corrected chi connectivity index (χ4v) is 2.72. The summed E-state index contributed by atoms with van der Waals surface area (Å²) in [4.78, 5) is 14.2. The zero-order valence-corrected chi connectivity index (χ0v) is 10.8. The van der Waals surface area contributed by atoms with Gasteiger partial charge in [-0.3, -0.25) is 4.79 Å². The average molecular weight is 240 g/mol. The third kappa shape index (κ3) is 3.68. The number of hydrogen-bond acceptors (Lipinski definition) is 3. The summed E-state index contributed by atoms with van der Waals surface area (Å²) in [5.74, 6) is 0.856. The monoisotopic (exact) mass is 240 g/mol. The molecule has 4 nitrogen and oxygen atoms in total. The van der Waals surface area contributed by atoms with Crippen molar-refractivity contribution in [3.63, 3.8) is 0 Å². The van der Waals surface area contributed by atoms with E-state index in [1.807, 2.05) is 4.90 Å². The van der Waals surface area contributed by atoms with Crippen LogP contribution in [0.5, 0.6) is 0 Å². The third-order valence-electron chi connectivity index (χ3n) is 3.82. The van der Waals surface area contributed by atoms with Crippen molar-refractivity contribution in [3.8, 4) is 0 Å². The first-order valence-electron chi connectivity index (χ1n) is 6.88. The van der Waals surface area contributed by atoms with Gasteiger partial charge in [0, 0.05) is 38.1 Å². The fraction of sp³-hybridized carbons (Fsp3) is 0.923. The largest absolute Gasteiger partial charge is 0.381 e. The van der Waals surface area contributed by atoms with Crippen LogP contribution in [0.2, 0.25) is 0 Å². The van der Waals surface area contributed by atoms with Crippen molar-refractivity contribution in [1.29, 1.82) is 0 Å². The van der Waals surface area contributed by atoms with Crippen molar-refractivity contribution in [2.45, 2.75) is 38.6 Å². The van der Waals surface area contributed by atoms with Crippen molar-refractivity contribution in [3.05, 3.63) is 0 Å². The molecule has 2 heterocycles. The van der Waals surface area contributed by atoms with Gasteiger partial charge in [0.25, 0.3) is 0 Å². The van der Waals surface area contributed by atoms with E-state index in [2.05, 4.69) is 12.2 Å². The van der Waals surface area contributed by atoms with Crippen molar-refractivity contribution in [2.24, 2.45) is 5.92 Å². The number of rotatable bonds is 5. The first-order chi connectivity index (χ1) is 8.29. The van der Waals surface area contributed by atoms with Crippen LogP contribution >= 0.6 is 0 Å². The van der Waals surface area contributed by atoms with E-state index in [0.717, 1.165) is 45.7 Å². The van der Waals surface area contributed by atoms with E-state index < -0.39 is 0 Å². The summed E-state index contributed by atoms with van der Waals surface area (Å²) in [5.41, 5.74) is 0. The minimum atomic E-state index is 0.304. The normalized spacial score (nSPS) is 28.5. The van der Waals surface area contributed by atoms with E-state index in [-0.39, 0.29) is 0 Å². The second-order valence-corrected chi connectivity index (χ2v) is 5.16. The smallest absolute Gasteiger partial charge is 0.224 e. The lowest BCUT2D eigenvalue weighted by atomic mass is 10.1. The molecule has 2 saturated heterocycles.